The Bertz CT molecular complexity index is 413. The summed E-state index contributed by atoms with van der Waals surface area (Å²) in [6.07, 6.45) is 1.06. The zero-order chi connectivity index (χ0) is 15.7. The Morgan fingerprint density at radius 3 is 2.62 bits per heavy atom. The van der Waals surface area contributed by atoms with Gasteiger partial charge in [-0.25, -0.2) is 8.78 Å². The first-order chi connectivity index (χ1) is 10.1. The quantitative estimate of drug-likeness (QED) is 0.672. The zero-order valence-corrected chi connectivity index (χ0v) is 13.0. The average Bonchev–Trinajstić information content (AvgIpc) is 2.45. The van der Waals surface area contributed by atoms with Crippen molar-refractivity contribution in [1.29, 1.82) is 0 Å². The molecule has 0 aromatic heterocycles. The van der Waals surface area contributed by atoms with E-state index in [1.54, 1.807) is 6.07 Å². The highest BCUT2D eigenvalue weighted by molar-refractivity contribution is 5.22. The molecule has 21 heavy (non-hydrogen) atoms. The van der Waals surface area contributed by atoms with E-state index >= 15 is 0 Å². The summed E-state index contributed by atoms with van der Waals surface area (Å²) in [6.45, 7) is 7.84. The van der Waals surface area contributed by atoms with Crippen LogP contribution in [0.4, 0.5) is 8.78 Å². The SMILES string of the molecule is CCCNC(COCCOC(C)C)c1cccc(F)c1F. The minimum Gasteiger partial charge on any atom is -0.377 e. The number of benzene rings is 1. The number of hydrogen-bond acceptors (Lipinski definition) is 3. The van der Waals surface area contributed by atoms with Gasteiger partial charge < -0.3 is 14.8 Å². The molecule has 0 radical (unpaired) electrons. The van der Waals surface area contributed by atoms with Gasteiger partial charge in [-0.05, 0) is 32.9 Å². The maximum Gasteiger partial charge on any atom is 0.163 e. The van der Waals surface area contributed by atoms with E-state index in [2.05, 4.69) is 5.32 Å². The van der Waals surface area contributed by atoms with Gasteiger partial charge in [-0.2, -0.15) is 0 Å². The third kappa shape index (κ3) is 6.50. The van der Waals surface area contributed by atoms with E-state index in [0.717, 1.165) is 12.5 Å². The van der Waals surface area contributed by atoms with E-state index in [-0.39, 0.29) is 18.8 Å². The Kier molecular flexibility index (Phi) is 8.42. The summed E-state index contributed by atoms with van der Waals surface area (Å²) in [5.41, 5.74) is 0.299. The lowest BCUT2D eigenvalue weighted by molar-refractivity contribution is 0.0134. The summed E-state index contributed by atoms with van der Waals surface area (Å²) in [5, 5.41) is 3.18. The number of rotatable bonds is 10. The summed E-state index contributed by atoms with van der Waals surface area (Å²) < 4.78 is 38.1. The molecule has 0 heterocycles. The summed E-state index contributed by atoms with van der Waals surface area (Å²) in [5.74, 6) is -1.65. The van der Waals surface area contributed by atoms with Crippen LogP contribution in [-0.4, -0.2) is 32.5 Å². The Morgan fingerprint density at radius 2 is 1.95 bits per heavy atom. The van der Waals surface area contributed by atoms with Gasteiger partial charge in [0, 0.05) is 5.56 Å². The Labute approximate surface area is 125 Å². The smallest absolute Gasteiger partial charge is 0.163 e. The molecular formula is C16H25F2NO2. The fourth-order valence-corrected chi connectivity index (χ4v) is 1.91. The standard InChI is InChI=1S/C16H25F2NO2/c1-4-8-19-15(11-20-9-10-21-12(2)3)13-6-5-7-14(17)16(13)18/h5-7,12,15,19H,4,8-11H2,1-3H3. The maximum atomic E-state index is 13.9. The van der Waals surface area contributed by atoms with Crippen LogP contribution in [0.2, 0.25) is 0 Å². The van der Waals surface area contributed by atoms with Crippen LogP contribution >= 0.6 is 0 Å². The Morgan fingerprint density at radius 1 is 1.19 bits per heavy atom. The van der Waals surface area contributed by atoms with Gasteiger partial charge in [0.15, 0.2) is 11.6 Å². The Balaban J connectivity index is 2.57. The molecule has 0 bridgehead atoms. The van der Waals surface area contributed by atoms with E-state index in [9.17, 15) is 8.78 Å². The zero-order valence-electron chi connectivity index (χ0n) is 13.0. The Hall–Kier alpha value is -1.04. The van der Waals surface area contributed by atoms with Crippen LogP contribution in [0, 0.1) is 11.6 Å². The predicted molar refractivity (Wildman–Crippen MR) is 79.3 cm³/mol. The van der Waals surface area contributed by atoms with Gasteiger partial charge in [0.25, 0.3) is 0 Å². The van der Waals surface area contributed by atoms with Crippen molar-refractivity contribution in [2.75, 3.05) is 26.4 Å². The van der Waals surface area contributed by atoms with Crippen LogP contribution in [0.5, 0.6) is 0 Å². The molecule has 0 amide bonds. The summed E-state index contributed by atoms with van der Waals surface area (Å²) >= 11 is 0. The van der Waals surface area contributed by atoms with Crippen LogP contribution in [0.15, 0.2) is 18.2 Å². The molecule has 0 saturated carbocycles. The molecular weight excluding hydrogens is 276 g/mol. The van der Waals surface area contributed by atoms with Gasteiger partial charge in [0.05, 0.1) is 32.0 Å². The largest absolute Gasteiger partial charge is 0.377 e. The molecule has 0 fully saturated rings. The molecule has 1 unspecified atom stereocenters. The number of hydrogen-bond donors (Lipinski definition) is 1. The minimum absolute atomic E-state index is 0.156. The molecule has 0 aliphatic carbocycles. The van der Waals surface area contributed by atoms with Crippen molar-refractivity contribution in [3.05, 3.63) is 35.4 Å². The number of ether oxygens (including phenoxy) is 2. The predicted octanol–water partition coefficient (Wildman–Crippen LogP) is 3.45. The minimum atomic E-state index is -0.834. The summed E-state index contributed by atoms with van der Waals surface area (Å²) in [6, 6.07) is 3.85. The highest BCUT2D eigenvalue weighted by atomic mass is 19.2. The molecule has 1 aromatic rings. The van der Waals surface area contributed by atoms with Crippen molar-refractivity contribution >= 4 is 0 Å². The van der Waals surface area contributed by atoms with Crippen molar-refractivity contribution in [2.45, 2.75) is 39.3 Å². The fraction of sp³-hybridized carbons (Fsp3) is 0.625. The summed E-state index contributed by atoms with van der Waals surface area (Å²) in [4.78, 5) is 0. The second-order valence-electron chi connectivity index (χ2n) is 5.14. The highest BCUT2D eigenvalue weighted by Crippen LogP contribution is 2.19. The lowest BCUT2D eigenvalue weighted by Gasteiger charge is -2.20. The normalized spacial score (nSPS) is 12.9. The van der Waals surface area contributed by atoms with E-state index in [1.807, 2.05) is 20.8 Å². The van der Waals surface area contributed by atoms with Gasteiger partial charge in [0.1, 0.15) is 0 Å². The molecule has 0 saturated heterocycles. The third-order valence-corrected chi connectivity index (χ3v) is 2.96. The molecule has 120 valence electrons. The van der Waals surface area contributed by atoms with Crippen LogP contribution in [0.25, 0.3) is 0 Å². The van der Waals surface area contributed by atoms with E-state index in [0.29, 0.717) is 25.3 Å². The van der Waals surface area contributed by atoms with Gasteiger partial charge >= 0.3 is 0 Å². The summed E-state index contributed by atoms with van der Waals surface area (Å²) in [7, 11) is 0. The molecule has 0 aliphatic rings. The maximum absolute atomic E-state index is 13.9. The van der Waals surface area contributed by atoms with Crippen LogP contribution < -0.4 is 5.32 Å². The van der Waals surface area contributed by atoms with Gasteiger partial charge in [-0.15, -0.1) is 0 Å². The third-order valence-electron chi connectivity index (χ3n) is 2.96. The first kappa shape index (κ1) is 18.0. The van der Waals surface area contributed by atoms with E-state index in [4.69, 9.17) is 9.47 Å². The lowest BCUT2D eigenvalue weighted by atomic mass is 10.1. The van der Waals surface area contributed by atoms with Crippen molar-refractivity contribution < 1.29 is 18.3 Å². The van der Waals surface area contributed by atoms with Crippen LogP contribution in [0.1, 0.15) is 38.8 Å². The second-order valence-corrected chi connectivity index (χ2v) is 5.14. The topological polar surface area (TPSA) is 30.5 Å². The molecule has 0 aliphatic heterocycles. The average molecular weight is 301 g/mol. The van der Waals surface area contributed by atoms with E-state index in [1.165, 1.54) is 6.07 Å². The second kappa shape index (κ2) is 9.82. The van der Waals surface area contributed by atoms with Crippen molar-refractivity contribution in [1.82, 2.24) is 5.32 Å². The van der Waals surface area contributed by atoms with Gasteiger partial charge in [-0.3, -0.25) is 0 Å². The molecule has 1 rings (SSSR count). The van der Waals surface area contributed by atoms with Crippen LogP contribution in [0.3, 0.4) is 0 Å². The number of nitrogens with one attached hydrogen (secondary N) is 1. The van der Waals surface area contributed by atoms with Gasteiger partial charge in [-0.1, -0.05) is 19.1 Å². The highest BCUT2D eigenvalue weighted by Gasteiger charge is 2.17. The first-order valence-corrected chi connectivity index (χ1v) is 7.42. The fourth-order valence-electron chi connectivity index (χ4n) is 1.91. The lowest BCUT2D eigenvalue weighted by Crippen LogP contribution is -2.28. The van der Waals surface area contributed by atoms with Crippen molar-refractivity contribution in [2.24, 2.45) is 0 Å². The van der Waals surface area contributed by atoms with Gasteiger partial charge in [0.2, 0.25) is 0 Å². The molecule has 5 heteroatoms. The van der Waals surface area contributed by atoms with Crippen molar-refractivity contribution in [3.63, 3.8) is 0 Å². The van der Waals surface area contributed by atoms with E-state index < -0.39 is 11.6 Å². The first-order valence-electron chi connectivity index (χ1n) is 7.42. The van der Waals surface area contributed by atoms with Crippen molar-refractivity contribution in [3.8, 4) is 0 Å². The molecule has 1 N–H and O–H groups in total. The molecule has 1 aromatic carbocycles. The molecule has 3 nitrogen and oxygen atoms in total. The van der Waals surface area contributed by atoms with Crippen LogP contribution in [-0.2, 0) is 9.47 Å². The molecule has 1 atom stereocenters. The molecule has 0 spiro atoms. The number of halogens is 2. The monoisotopic (exact) mass is 301 g/mol.